The number of aliphatic carboxylic acids is 1. The summed E-state index contributed by atoms with van der Waals surface area (Å²) in [5.74, 6) is -2.18. The second kappa shape index (κ2) is 6.57. The molecule has 0 fully saturated rings. The predicted octanol–water partition coefficient (Wildman–Crippen LogP) is 0.195. The Kier molecular flexibility index (Phi) is 5.31. The molecule has 0 bridgehead atoms. The molecule has 8 heteroatoms. The van der Waals surface area contributed by atoms with E-state index < -0.39 is 27.8 Å². The first-order chi connectivity index (χ1) is 9.60. The Bertz CT molecular complexity index is 655. The van der Waals surface area contributed by atoms with Gasteiger partial charge in [-0.05, 0) is 37.1 Å². The molecule has 1 amide bonds. The number of rotatable bonds is 6. The van der Waals surface area contributed by atoms with Crippen molar-refractivity contribution in [1.29, 1.82) is 0 Å². The van der Waals surface area contributed by atoms with Crippen LogP contribution in [0.15, 0.2) is 18.2 Å². The van der Waals surface area contributed by atoms with Gasteiger partial charge in [0.25, 0.3) is 5.91 Å². The molecule has 0 aliphatic heterocycles. The van der Waals surface area contributed by atoms with Crippen molar-refractivity contribution in [2.75, 3.05) is 17.7 Å². The molecule has 0 radical (unpaired) electrons. The number of aryl methyl sites for hydroxylation is 1. The molecule has 1 atom stereocenters. The number of nitrogen functional groups attached to an aromatic ring is 1. The van der Waals surface area contributed by atoms with Gasteiger partial charge in [0, 0.05) is 17.5 Å². The molecule has 116 valence electrons. The Balaban J connectivity index is 2.81. The minimum absolute atomic E-state index is 0.187. The maximum absolute atomic E-state index is 12.0. The number of amides is 1. The molecule has 0 aliphatic rings. The number of carbonyl (C=O) groups excluding carboxylic acids is 1. The standard InChI is InChI=1S/C13H18N2O5S/c1-8-7-9(3-4-10(8)14)12(16)15-11(13(17)18)5-6-21(2,19)20/h3-4,7,11H,5-6,14H2,1-2H3,(H,15,16)(H,17,18). The van der Waals surface area contributed by atoms with Gasteiger partial charge in [-0.25, -0.2) is 13.2 Å². The summed E-state index contributed by atoms with van der Waals surface area (Å²) in [5.41, 5.74) is 7.14. The number of nitrogens with two attached hydrogens (primary N) is 1. The Morgan fingerprint density at radius 1 is 1.38 bits per heavy atom. The van der Waals surface area contributed by atoms with Crippen LogP contribution in [0.3, 0.4) is 0 Å². The zero-order valence-electron chi connectivity index (χ0n) is 11.8. The van der Waals surface area contributed by atoms with Crippen molar-refractivity contribution in [2.45, 2.75) is 19.4 Å². The summed E-state index contributed by atoms with van der Waals surface area (Å²) in [4.78, 5) is 23.1. The van der Waals surface area contributed by atoms with E-state index in [4.69, 9.17) is 10.8 Å². The smallest absolute Gasteiger partial charge is 0.326 e. The molecular weight excluding hydrogens is 296 g/mol. The lowest BCUT2D eigenvalue weighted by molar-refractivity contribution is -0.139. The van der Waals surface area contributed by atoms with Crippen LogP contribution in [-0.2, 0) is 14.6 Å². The van der Waals surface area contributed by atoms with Gasteiger partial charge in [0.1, 0.15) is 15.9 Å². The van der Waals surface area contributed by atoms with E-state index in [0.29, 0.717) is 11.3 Å². The van der Waals surface area contributed by atoms with Gasteiger partial charge >= 0.3 is 5.97 Å². The molecule has 0 saturated carbocycles. The summed E-state index contributed by atoms with van der Waals surface area (Å²) >= 11 is 0. The van der Waals surface area contributed by atoms with Crippen LogP contribution in [0.4, 0.5) is 5.69 Å². The van der Waals surface area contributed by atoms with Gasteiger partial charge < -0.3 is 16.2 Å². The quantitative estimate of drug-likeness (QED) is 0.644. The third kappa shape index (κ3) is 5.42. The van der Waals surface area contributed by atoms with Crippen molar-refractivity contribution >= 4 is 27.4 Å². The molecule has 21 heavy (non-hydrogen) atoms. The average Bonchev–Trinajstić information content (AvgIpc) is 2.36. The maximum atomic E-state index is 12.0. The fraction of sp³-hybridized carbons (Fsp3) is 0.385. The first-order valence-electron chi connectivity index (χ1n) is 6.17. The lowest BCUT2D eigenvalue weighted by Gasteiger charge is -2.14. The van der Waals surface area contributed by atoms with Crippen molar-refractivity contribution in [3.05, 3.63) is 29.3 Å². The third-order valence-corrected chi connectivity index (χ3v) is 3.89. The third-order valence-electron chi connectivity index (χ3n) is 2.91. The predicted molar refractivity (Wildman–Crippen MR) is 78.8 cm³/mol. The minimum atomic E-state index is -3.30. The van der Waals surface area contributed by atoms with Gasteiger partial charge in [-0.2, -0.15) is 0 Å². The maximum Gasteiger partial charge on any atom is 0.326 e. The van der Waals surface area contributed by atoms with Crippen LogP contribution in [0, 0.1) is 6.92 Å². The second-order valence-corrected chi connectivity index (χ2v) is 7.11. The van der Waals surface area contributed by atoms with Gasteiger partial charge in [0.15, 0.2) is 0 Å². The number of sulfone groups is 1. The molecular formula is C13H18N2O5S. The van der Waals surface area contributed by atoms with Crippen molar-refractivity contribution in [1.82, 2.24) is 5.32 Å². The second-order valence-electron chi connectivity index (χ2n) is 4.85. The van der Waals surface area contributed by atoms with Gasteiger partial charge in [-0.1, -0.05) is 0 Å². The molecule has 1 unspecified atom stereocenters. The number of hydrogen-bond donors (Lipinski definition) is 3. The van der Waals surface area contributed by atoms with Crippen LogP contribution in [0.2, 0.25) is 0 Å². The summed E-state index contributed by atoms with van der Waals surface area (Å²) in [6.07, 6.45) is 0.824. The highest BCUT2D eigenvalue weighted by Crippen LogP contribution is 2.13. The van der Waals surface area contributed by atoms with Crippen LogP contribution in [0.1, 0.15) is 22.3 Å². The first kappa shape index (κ1) is 17.0. The van der Waals surface area contributed by atoms with Crippen molar-refractivity contribution in [3.63, 3.8) is 0 Å². The van der Waals surface area contributed by atoms with E-state index in [1.54, 1.807) is 19.1 Å². The van der Waals surface area contributed by atoms with E-state index in [1.807, 2.05) is 0 Å². The van der Waals surface area contributed by atoms with E-state index >= 15 is 0 Å². The molecule has 0 heterocycles. The van der Waals surface area contributed by atoms with E-state index in [1.165, 1.54) is 6.07 Å². The van der Waals surface area contributed by atoms with E-state index in [2.05, 4.69) is 5.32 Å². The summed E-state index contributed by atoms with van der Waals surface area (Å²) in [6.45, 7) is 1.73. The van der Waals surface area contributed by atoms with Crippen molar-refractivity contribution < 1.29 is 23.1 Å². The largest absolute Gasteiger partial charge is 0.480 e. The molecule has 1 aromatic carbocycles. The molecule has 0 spiro atoms. The van der Waals surface area contributed by atoms with Crippen molar-refractivity contribution in [3.8, 4) is 0 Å². The Hall–Kier alpha value is -2.09. The number of nitrogens with one attached hydrogen (secondary N) is 1. The Morgan fingerprint density at radius 3 is 2.48 bits per heavy atom. The molecule has 1 rings (SSSR count). The number of carboxylic acid groups (broad SMARTS) is 1. The van der Waals surface area contributed by atoms with Gasteiger partial charge in [-0.15, -0.1) is 0 Å². The monoisotopic (exact) mass is 314 g/mol. The molecule has 4 N–H and O–H groups in total. The zero-order chi connectivity index (χ0) is 16.2. The topological polar surface area (TPSA) is 127 Å². The van der Waals surface area contributed by atoms with Crippen LogP contribution < -0.4 is 11.1 Å². The minimum Gasteiger partial charge on any atom is -0.480 e. The summed E-state index contributed by atoms with van der Waals surface area (Å²) in [6, 6.07) is 3.31. The fourth-order valence-corrected chi connectivity index (χ4v) is 2.31. The van der Waals surface area contributed by atoms with E-state index in [0.717, 1.165) is 6.26 Å². The highest BCUT2D eigenvalue weighted by atomic mass is 32.2. The number of carboxylic acids is 1. The lowest BCUT2D eigenvalue weighted by atomic mass is 10.1. The highest BCUT2D eigenvalue weighted by molar-refractivity contribution is 7.90. The summed E-state index contributed by atoms with van der Waals surface area (Å²) in [7, 11) is -3.30. The summed E-state index contributed by atoms with van der Waals surface area (Å²) in [5, 5.41) is 11.3. The Morgan fingerprint density at radius 2 is 2.00 bits per heavy atom. The van der Waals surface area contributed by atoms with E-state index in [9.17, 15) is 18.0 Å². The number of hydrogen-bond acceptors (Lipinski definition) is 5. The first-order valence-corrected chi connectivity index (χ1v) is 8.23. The SMILES string of the molecule is Cc1cc(C(=O)NC(CCS(C)(=O)=O)C(=O)O)ccc1N. The van der Waals surface area contributed by atoms with Crippen LogP contribution in [0.5, 0.6) is 0 Å². The van der Waals surface area contributed by atoms with Gasteiger partial charge in [0.2, 0.25) is 0 Å². The van der Waals surface area contributed by atoms with Gasteiger partial charge in [-0.3, -0.25) is 4.79 Å². The van der Waals surface area contributed by atoms with Crippen LogP contribution in [-0.4, -0.2) is 43.5 Å². The molecule has 1 aromatic rings. The molecule has 7 nitrogen and oxygen atoms in total. The van der Waals surface area contributed by atoms with Gasteiger partial charge in [0.05, 0.1) is 5.75 Å². The normalized spacial score (nSPS) is 12.7. The highest BCUT2D eigenvalue weighted by Gasteiger charge is 2.22. The van der Waals surface area contributed by atoms with Crippen LogP contribution >= 0.6 is 0 Å². The molecule has 0 saturated heterocycles. The lowest BCUT2D eigenvalue weighted by Crippen LogP contribution is -2.41. The Labute approximate surface area is 123 Å². The van der Waals surface area contributed by atoms with E-state index in [-0.39, 0.29) is 17.7 Å². The molecule has 0 aliphatic carbocycles. The average molecular weight is 314 g/mol. The number of carbonyl (C=O) groups is 2. The van der Waals surface area contributed by atoms with Crippen molar-refractivity contribution in [2.24, 2.45) is 0 Å². The zero-order valence-corrected chi connectivity index (χ0v) is 12.6. The summed E-state index contributed by atoms with van der Waals surface area (Å²) < 4.78 is 22.2. The fourth-order valence-electron chi connectivity index (χ4n) is 1.65. The van der Waals surface area contributed by atoms with Crippen LogP contribution in [0.25, 0.3) is 0 Å². The number of benzene rings is 1. The number of anilines is 1. The molecule has 0 aromatic heterocycles.